The van der Waals surface area contributed by atoms with Crippen molar-refractivity contribution in [1.82, 2.24) is 0 Å². The van der Waals surface area contributed by atoms with Crippen LogP contribution in [0.1, 0.15) is 91.9 Å². The average Bonchev–Trinajstić information content (AvgIpc) is 3.84. The van der Waals surface area contributed by atoms with Gasteiger partial charge in [-0.25, -0.2) is 0 Å². The van der Waals surface area contributed by atoms with Gasteiger partial charge in [0.05, 0.1) is 31.7 Å². The number of ether oxygens (including phenoxy) is 4. The lowest BCUT2D eigenvalue weighted by atomic mass is 9.69. The lowest BCUT2D eigenvalue weighted by molar-refractivity contribution is -0.163. The Morgan fingerprint density at radius 1 is 0.727 bits per heavy atom. The Labute approximate surface area is 266 Å². The van der Waals surface area contributed by atoms with Crippen LogP contribution in [0.4, 0.5) is 0 Å². The maximum Gasteiger partial charge on any atom is 0.309 e. The molecule has 0 radical (unpaired) electrons. The lowest BCUT2D eigenvalue weighted by Crippen LogP contribution is -2.38. The quantitative estimate of drug-likeness (QED) is 0.0739. The number of hydrogen-bond acceptors (Lipinski definition) is 6. The molecule has 6 rings (SSSR count). The maximum atomic E-state index is 13.3. The van der Waals surface area contributed by atoms with Crippen LogP contribution >= 0.6 is 0 Å². The van der Waals surface area contributed by atoms with Crippen LogP contribution in [0.25, 0.3) is 0 Å². The molecule has 0 spiro atoms. The van der Waals surface area contributed by atoms with E-state index in [4.69, 9.17) is 18.9 Å². The number of allylic oxidation sites excluding steroid dienone is 4. The predicted octanol–water partition coefficient (Wildman–Crippen LogP) is 7.41. The molecule has 0 heterocycles. The van der Waals surface area contributed by atoms with Crippen molar-refractivity contribution >= 4 is 11.9 Å². The van der Waals surface area contributed by atoms with E-state index in [1.807, 2.05) is 20.8 Å². The number of fused-ring (bicyclic) bond motifs is 11. The van der Waals surface area contributed by atoms with Gasteiger partial charge >= 0.3 is 11.9 Å². The van der Waals surface area contributed by atoms with Crippen molar-refractivity contribution in [3.05, 3.63) is 24.3 Å². The molecule has 0 amide bonds. The highest BCUT2D eigenvalue weighted by molar-refractivity contribution is 5.74. The summed E-state index contributed by atoms with van der Waals surface area (Å²) in [5.74, 6) is 6.85. The summed E-state index contributed by atoms with van der Waals surface area (Å²) in [4.78, 5) is 25.6. The minimum Gasteiger partial charge on any atom is -0.463 e. The van der Waals surface area contributed by atoms with Crippen molar-refractivity contribution < 1.29 is 28.5 Å². The van der Waals surface area contributed by atoms with Crippen molar-refractivity contribution in [3.63, 3.8) is 0 Å². The van der Waals surface area contributed by atoms with Gasteiger partial charge in [-0.1, -0.05) is 50.5 Å². The summed E-state index contributed by atoms with van der Waals surface area (Å²) in [6, 6.07) is 0. The first-order valence-corrected chi connectivity index (χ1v) is 18.1. The van der Waals surface area contributed by atoms with Crippen LogP contribution in [-0.2, 0) is 28.5 Å². The molecule has 246 valence electrons. The Hall–Kier alpha value is -1.66. The van der Waals surface area contributed by atoms with Crippen LogP contribution in [-0.4, -0.2) is 50.6 Å². The summed E-state index contributed by atoms with van der Waals surface area (Å²) in [6.45, 7) is 11.0. The molecule has 4 fully saturated rings. The van der Waals surface area contributed by atoms with Gasteiger partial charge < -0.3 is 18.9 Å². The highest BCUT2D eigenvalue weighted by atomic mass is 16.6. The number of esters is 2. The molecule has 44 heavy (non-hydrogen) atoms. The van der Waals surface area contributed by atoms with Gasteiger partial charge in [0.15, 0.2) is 0 Å². The number of carbonyl (C=O) groups is 2. The van der Waals surface area contributed by atoms with Gasteiger partial charge in [0.1, 0.15) is 12.2 Å². The maximum absolute atomic E-state index is 13.3. The highest BCUT2D eigenvalue weighted by Gasteiger charge is 2.66. The van der Waals surface area contributed by atoms with E-state index in [-0.39, 0.29) is 23.8 Å². The topological polar surface area (TPSA) is 71.1 Å². The predicted molar refractivity (Wildman–Crippen MR) is 170 cm³/mol. The van der Waals surface area contributed by atoms with Crippen molar-refractivity contribution in [2.45, 2.75) is 97.5 Å². The fourth-order valence-corrected chi connectivity index (χ4v) is 10.6. The summed E-state index contributed by atoms with van der Waals surface area (Å²) < 4.78 is 22.9. The van der Waals surface area contributed by atoms with E-state index >= 15 is 0 Å². The van der Waals surface area contributed by atoms with Gasteiger partial charge in [-0.3, -0.25) is 9.59 Å². The van der Waals surface area contributed by atoms with E-state index in [2.05, 4.69) is 31.2 Å². The molecule has 6 aliphatic rings. The largest absolute Gasteiger partial charge is 0.463 e. The lowest BCUT2D eigenvalue weighted by Gasteiger charge is -2.36. The van der Waals surface area contributed by atoms with Gasteiger partial charge in [0, 0.05) is 6.61 Å². The van der Waals surface area contributed by atoms with Gasteiger partial charge in [-0.2, -0.15) is 0 Å². The van der Waals surface area contributed by atoms with Gasteiger partial charge in [0.2, 0.25) is 0 Å². The van der Waals surface area contributed by atoms with E-state index in [1.54, 1.807) is 0 Å². The Bertz CT molecular complexity index is 1060. The second-order valence-corrected chi connectivity index (χ2v) is 16.0. The Balaban J connectivity index is 0.837. The third-order valence-corrected chi connectivity index (χ3v) is 12.3. The zero-order valence-electron chi connectivity index (χ0n) is 27.8. The van der Waals surface area contributed by atoms with Crippen LogP contribution in [0.15, 0.2) is 24.3 Å². The number of hydrogen-bond donors (Lipinski definition) is 0. The minimum atomic E-state index is -0.406. The molecule has 12 atom stereocenters. The zero-order chi connectivity index (χ0) is 30.8. The second-order valence-electron chi connectivity index (χ2n) is 16.0. The molecule has 6 bridgehead atoms. The third-order valence-electron chi connectivity index (χ3n) is 12.3. The molecule has 0 aromatic rings. The van der Waals surface area contributed by atoms with E-state index in [9.17, 15) is 9.59 Å². The van der Waals surface area contributed by atoms with E-state index in [1.165, 1.54) is 38.5 Å². The first kappa shape index (κ1) is 32.3. The Kier molecular flexibility index (Phi) is 10.3. The highest BCUT2D eigenvalue weighted by Crippen LogP contribution is 2.70. The van der Waals surface area contributed by atoms with Gasteiger partial charge in [-0.05, 0) is 125 Å². The molecule has 0 aliphatic heterocycles. The fourth-order valence-electron chi connectivity index (χ4n) is 10.6. The molecule has 0 aromatic carbocycles. The van der Waals surface area contributed by atoms with Gasteiger partial charge in [0.25, 0.3) is 0 Å². The molecule has 6 nitrogen and oxygen atoms in total. The first-order chi connectivity index (χ1) is 21.2. The van der Waals surface area contributed by atoms with Crippen molar-refractivity contribution in [3.8, 4) is 0 Å². The molecule has 4 saturated carbocycles. The van der Waals surface area contributed by atoms with Crippen molar-refractivity contribution in [1.29, 1.82) is 0 Å². The summed E-state index contributed by atoms with van der Waals surface area (Å²) >= 11 is 0. The molecule has 12 unspecified atom stereocenters. The molecule has 6 heteroatoms. The number of carbonyl (C=O) groups excluding carboxylic acids is 2. The van der Waals surface area contributed by atoms with Crippen LogP contribution in [0.5, 0.6) is 0 Å². The molecule has 0 saturated heterocycles. The first-order valence-electron chi connectivity index (χ1n) is 18.1. The normalized spacial score (nSPS) is 38.0. The second kappa shape index (κ2) is 14.0. The monoisotopic (exact) mass is 610 g/mol. The summed E-state index contributed by atoms with van der Waals surface area (Å²) in [5.41, 5.74) is -0.406. The summed E-state index contributed by atoms with van der Waals surface area (Å²) in [5, 5.41) is 0. The van der Waals surface area contributed by atoms with E-state index < -0.39 is 5.60 Å². The van der Waals surface area contributed by atoms with Crippen molar-refractivity contribution in [2.75, 3.05) is 33.0 Å². The van der Waals surface area contributed by atoms with Crippen LogP contribution in [0, 0.1) is 71.0 Å². The molecule has 6 aliphatic carbocycles. The smallest absolute Gasteiger partial charge is 0.309 e. The molecular weight excluding hydrogens is 552 g/mol. The average molecular weight is 611 g/mol. The minimum absolute atomic E-state index is 0.0560. The van der Waals surface area contributed by atoms with Crippen molar-refractivity contribution in [2.24, 2.45) is 71.0 Å². The zero-order valence-corrected chi connectivity index (χ0v) is 27.8. The van der Waals surface area contributed by atoms with Crippen LogP contribution in [0.3, 0.4) is 0 Å². The Morgan fingerprint density at radius 3 is 2.14 bits per heavy atom. The van der Waals surface area contributed by atoms with E-state index in [0.717, 1.165) is 50.0 Å². The summed E-state index contributed by atoms with van der Waals surface area (Å²) in [6.07, 6.45) is 21.2. The van der Waals surface area contributed by atoms with E-state index in [0.29, 0.717) is 67.9 Å². The summed E-state index contributed by atoms with van der Waals surface area (Å²) in [7, 11) is 0. The SMILES string of the molecule is CCC(CCCOCCOCCOC(=O)C1CC2C=CC1C2)CCCC1C2CC(C(=O)OC(C)(C)C)C1C1C3C=CC(C3)C21. The fraction of sp³-hybridized carbons (Fsp3) is 0.842. The van der Waals surface area contributed by atoms with Crippen LogP contribution in [0.2, 0.25) is 0 Å². The Morgan fingerprint density at radius 2 is 1.43 bits per heavy atom. The molecule has 0 aromatic heterocycles. The number of rotatable bonds is 17. The standard InChI is InChI=1S/C38H58O6/c1-5-24(9-7-15-41-16-17-42-18-19-43-36(39)30-21-25-11-12-26(30)20-25)8-6-10-29-31-23-32(37(40)44-38(2,3)4)35(29)34-28-14-13-27(22-28)33(31)34/h11-14,24-35H,5-10,15-23H2,1-4H3. The molecule has 0 N–H and O–H groups in total. The molecular formula is C38H58O6. The van der Waals surface area contributed by atoms with Gasteiger partial charge in [-0.15, -0.1) is 0 Å². The van der Waals surface area contributed by atoms with Crippen LogP contribution < -0.4 is 0 Å². The third kappa shape index (κ3) is 7.01.